The normalized spacial score (nSPS) is 12.3. The van der Waals surface area contributed by atoms with Crippen LogP contribution >= 0.6 is 11.6 Å². The SMILES string of the molecule is CCC(C(=O)NC(C)C)N(Cc1ccccc1)C(=O)CN(c1cc(Cl)ccc1C)S(C)(=O)=O. The largest absolute Gasteiger partial charge is 0.352 e. The number of carbonyl (C=O) groups excluding carboxylic acids is 2. The summed E-state index contributed by atoms with van der Waals surface area (Å²) in [7, 11) is -3.80. The number of carbonyl (C=O) groups is 2. The number of halogens is 1. The number of nitrogens with zero attached hydrogens (tertiary/aromatic N) is 2. The summed E-state index contributed by atoms with van der Waals surface area (Å²) in [5.74, 6) is -0.754. The Bertz CT molecular complexity index is 1070. The number of rotatable bonds is 10. The Labute approximate surface area is 201 Å². The lowest BCUT2D eigenvalue weighted by atomic mass is 10.1. The summed E-state index contributed by atoms with van der Waals surface area (Å²) >= 11 is 6.11. The van der Waals surface area contributed by atoms with Crippen LogP contribution in [0.25, 0.3) is 0 Å². The standard InChI is InChI=1S/C24H32ClN3O4S/c1-6-21(24(30)26-17(2)3)27(15-19-10-8-7-9-11-19)23(29)16-28(33(5,31)32)22-14-20(25)13-12-18(22)4/h7-14,17,21H,6,15-16H2,1-5H3,(H,26,30). The maximum atomic E-state index is 13.6. The first-order valence-electron chi connectivity index (χ1n) is 10.8. The molecular weight excluding hydrogens is 462 g/mol. The number of hydrogen-bond donors (Lipinski definition) is 1. The third-order valence-corrected chi connectivity index (χ3v) is 6.49. The molecule has 2 aromatic carbocycles. The van der Waals surface area contributed by atoms with Gasteiger partial charge in [0.15, 0.2) is 0 Å². The average molecular weight is 494 g/mol. The maximum absolute atomic E-state index is 13.6. The molecule has 0 aliphatic carbocycles. The monoisotopic (exact) mass is 493 g/mol. The summed E-state index contributed by atoms with van der Waals surface area (Å²) in [5.41, 5.74) is 1.83. The number of amides is 2. The van der Waals surface area contributed by atoms with Crippen molar-refractivity contribution >= 4 is 39.1 Å². The Morgan fingerprint density at radius 1 is 1.09 bits per heavy atom. The molecule has 0 aromatic heterocycles. The Balaban J connectivity index is 2.46. The number of sulfonamides is 1. The molecule has 0 bridgehead atoms. The molecule has 9 heteroatoms. The van der Waals surface area contributed by atoms with E-state index < -0.39 is 28.5 Å². The van der Waals surface area contributed by atoms with Gasteiger partial charge < -0.3 is 10.2 Å². The van der Waals surface area contributed by atoms with E-state index in [9.17, 15) is 18.0 Å². The van der Waals surface area contributed by atoms with E-state index in [4.69, 9.17) is 11.6 Å². The number of anilines is 1. The van der Waals surface area contributed by atoms with Crippen LogP contribution in [-0.2, 0) is 26.2 Å². The Kier molecular flexibility index (Phi) is 9.31. The lowest BCUT2D eigenvalue weighted by Crippen LogP contribution is -2.53. The highest BCUT2D eigenvalue weighted by atomic mass is 35.5. The first-order valence-corrected chi connectivity index (χ1v) is 13.0. The summed E-state index contributed by atoms with van der Waals surface area (Å²) in [6.45, 7) is 7.00. The molecule has 0 saturated carbocycles. The molecule has 1 atom stereocenters. The molecule has 33 heavy (non-hydrogen) atoms. The topological polar surface area (TPSA) is 86.8 Å². The molecule has 2 amide bonds. The molecule has 2 aromatic rings. The fourth-order valence-electron chi connectivity index (χ4n) is 3.53. The quantitative estimate of drug-likeness (QED) is 0.546. The molecule has 7 nitrogen and oxygen atoms in total. The second kappa shape index (κ2) is 11.5. The molecule has 0 heterocycles. The van der Waals surface area contributed by atoms with Gasteiger partial charge in [-0.1, -0.05) is 54.9 Å². The molecular formula is C24H32ClN3O4S. The van der Waals surface area contributed by atoms with Gasteiger partial charge in [-0.3, -0.25) is 13.9 Å². The number of nitrogens with one attached hydrogen (secondary N) is 1. The van der Waals surface area contributed by atoms with E-state index in [-0.39, 0.29) is 18.5 Å². The number of benzene rings is 2. The van der Waals surface area contributed by atoms with E-state index in [1.807, 2.05) is 51.1 Å². The Morgan fingerprint density at radius 2 is 1.73 bits per heavy atom. The predicted molar refractivity (Wildman–Crippen MR) is 133 cm³/mol. The summed E-state index contributed by atoms with van der Waals surface area (Å²) < 4.78 is 26.4. The molecule has 0 aliphatic heterocycles. The summed E-state index contributed by atoms with van der Waals surface area (Å²) in [4.78, 5) is 27.9. The van der Waals surface area contributed by atoms with Crippen LogP contribution in [-0.4, -0.2) is 50.0 Å². The Morgan fingerprint density at radius 3 is 2.27 bits per heavy atom. The van der Waals surface area contributed by atoms with Gasteiger partial charge in [0.2, 0.25) is 21.8 Å². The molecule has 2 rings (SSSR count). The van der Waals surface area contributed by atoms with Crippen molar-refractivity contribution in [2.24, 2.45) is 0 Å². The van der Waals surface area contributed by atoms with Gasteiger partial charge >= 0.3 is 0 Å². The van der Waals surface area contributed by atoms with Crippen LogP contribution in [0.2, 0.25) is 5.02 Å². The van der Waals surface area contributed by atoms with Crippen LogP contribution in [0, 0.1) is 6.92 Å². The molecule has 1 N–H and O–H groups in total. The van der Waals surface area contributed by atoms with Crippen molar-refractivity contribution in [1.29, 1.82) is 0 Å². The number of hydrogen-bond acceptors (Lipinski definition) is 4. The van der Waals surface area contributed by atoms with Gasteiger partial charge in [-0.15, -0.1) is 0 Å². The average Bonchev–Trinajstić information content (AvgIpc) is 2.73. The van der Waals surface area contributed by atoms with Crippen LogP contribution in [0.4, 0.5) is 5.69 Å². The van der Waals surface area contributed by atoms with Crippen molar-refractivity contribution in [3.8, 4) is 0 Å². The van der Waals surface area contributed by atoms with E-state index in [0.717, 1.165) is 16.1 Å². The van der Waals surface area contributed by atoms with Crippen molar-refractivity contribution in [2.75, 3.05) is 17.1 Å². The minimum Gasteiger partial charge on any atom is -0.352 e. The van der Waals surface area contributed by atoms with Crippen molar-refractivity contribution in [1.82, 2.24) is 10.2 Å². The molecule has 0 fully saturated rings. The van der Waals surface area contributed by atoms with E-state index in [2.05, 4.69) is 5.32 Å². The van der Waals surface area contributed by atoms with E-state index >= 15 is 0 Å². The highest BCUT2D eigenvalue weighted by molar-refractivity contribution is 7.92. The van der Waals surface area contributed by atoms with Gasteiger partial charge in [0.25, 0.3) is 0 Å². The van der Waals surface area contributed by atoms with Gasteiger partial charge in [0.05, 0.1) is 11.9 Å². The van der Waals surface area contributed by atoms with Crippen LogP contribution in [0.5, 0.6) is 0 Å². The van der Waals surface area contributed by atoms with Crippen LogP contribution in [0.15, 0.2) is 48.5 Å². The molecule has 0 aliphatic rings. The van der Waals surface area contributed by atoms with Crippen LogP contribution in [0.3, 0.4) is 0 Å². The zero-order chi connectivity index (χ0) is 24.8. The summed E-state index contributed by atoms with van der Waals surface area (Å²) in [6.07, 6.45) is 1.43. The van der Waals surface area contributed by atoms with E-state index in [1.165, 1.54) is 11.0 Å². The van der Waals surface area contributed by atoms with Gasteiger partial charge in [-0.05, 0) is 50.5 Å². The third kappa shape index (κ3) is 7.47. The Hall–Kier alpha value is -2.58. The van der Waals surface area contributed by atoms with Gasteiger partial charge in [0.1, 0.15) is 12.6 Å². The predicted octanol–water partition coefficient (Wildman–Crippen LogP) is 3.75. The zero-order valence-electron chi connectivity index (χ0n) is 19.7. The number of aryl methyl sites for hydroxylation is 1. The van der Waals surface area contributed by atoms with Crippen LogP contribution in [0.1, 0.15) is 38.3 Å². The maximum Gasteiger partial charge on any atom is 0.244 e. The second-order valence-corrected chi connectivity index (χ2v) is 10.6. The highest BCUT2D eigenvalue weighted by Gasteiger charge is 2.32. The highest BCUT2D eigenvalue weighted by Crippen LogP contribution is 2.27. The zero-order valence-corrected chi connectivity index (χ0v) is 21.3. The lowest BCUT2D eigenvalue weighted by Gasteiger charge is -2.33. The lowest BCUT2D eigenvalue weighted by molar-refractivity contribution is -0.140. The van der Waals surface area contributed by atoms with Crippen LogP contribution < -0.4 is 9.62 Å². The first kappa shape index (κ1) is 26.7. The molecule has 0 radical (unpaired) electrons. The fourth-order valence-corrected chi connectivity index (χ4v) is 4.59. The minimum absolute atomic E-state index is 0.0955. The van der Waals surface area contributed by atoms with Crippen molar-refractivity contribution in [3.05, 3.63) is 64.7 Å². The minimum atomic E-state index is -3.80. The van der Waals surface area contributed by atoms with Gasteiger partial charge in [-0.2, -0.15) is 0 Å². The van der Waals surface area contributed by atoms with Crippen molar-refractivity contribution < 1.29 is 18.0 Å². The first-order chi connectivity index (χ1) is 15.4. The summed E-state index contributed by atoms with van der Waals surface area (Å²) in [5, 5.41) is 3.23. The van der Waals surface area contributed by atoms with E-state index in [0.29, 0.717) is 22.7 Å². The molecule has 1 unspecified atom stereocenters. The molecule has 180 valence electrons. The third-order valence-electron chi connectivity index (χ3n) is 5.13. The van der Waals surface area contributed by atoms with Crippen molar-refractivity contribution in [3.63, 3.8) is 0 Å². The molecule has 0 saturated heterocycles. The smallest absolute Gasteiger partial charge is 0.244 e. The van der Waals surface area contributed by atoms with E-state index in [1.54, 1.807) is 19.1 Å². The van der Waals surface area contributed by atoms with Crippen molar-refractivity contribution in [2.45, 2.75) is 52.7 Å². The summed E-state index contributed by atoms with van der Waals surface area (Å²) in [6, 6.07) is 13.3. The fraction of sp³-hybridized carbons (Fsp3) is 0.417. The van der Waals surface area contributed by atoms with Gasteiger partial charge in [-0.25, -0.2) is 8.42 Å². The van der Waals surface area contributed by atoms with Gasteiger partial charge in [0, 0.05) is 17.6 Å². The molecule has 0 spiro atoms. The second-order valence-electron chi connectivity index (χ2n) is 8.30.